The molecule has 1 aromatic heterocycles. The first-order valence-electron chi connectivity index (χ1n) is 3.69. The zero-order chi connectivity index (χ0) is 7.68. The van der Waals surface area contributed by atoms with Crippen LogP contribution in [0.2, 0.25) is 0 Å². The predicted molar refractivity (Wildman–Crippen MR) is 45.3 cm³/mol. The van der Waals surface area contributed by atoms with Crippen LogP contribution in [0.3, 0.4) is 0 Å². The molecule has 2 rings (SSSR count). The third-order valence-electron chi connectivity index (χ3n) is 1.79. The second kappa shape index (κ2) is 2.77. The van der Waals surface area contributed by atoms with Gasteiger partial charge in [0.25, 0.3) is 6.01 Å². The average Bonchev–Trinajstić information content (AvgIpc) is 2.55. The van der Waals surface area contributed by atoms with Gasteiger partial charge in [0.05, 0.1) is 11.4 Å². The largest absolute Gasteiger partial charge is 0.428 e. The molecule has 3 nitrogen and oxygen atoms in total. The Morgan fingerprint density at radius 3 is 3.18 bits per heavy atom. The maximum Gasteiger partial charge on any atom is 0.292 e. The highest BCUT2D eigenvalue weighted by atomic mass is 32.2. The number of nitrogens with zero attached hydrogens (tertiary/aromatic N) is 1. The quantitative estimate of drug-likeness (QED) is 0.698. The first-order chi connectivity index (χ1) is 5.36. The van der Waals surface area contributed by atoms with Crippen molar-refractivity contribution < 1.29 is 4.42 Å². The smallest absolute Gasteiger partial charge is 0.292 e. The van der Waals surface area contributed by atoms with Crippen molar-refractivity contribution in [2.24, 2.45) is 0 Å². The van der Waals surface area contributed by atoms with E-state index in [1.807, 2.05) is 11.8 Å². The molecule has 11 heavy (non-hydrogen) atoms. The molecule has 0 saturated carbocycles. The minimum absolute atomic E-state index is 0.285. The molecule has 1 fully saturated rings. The van der Waals surface area contributed by atoms with Crippen LogP contribution < -0.4 is 5.73 Å². The van der Waals surface area contributed by atoms with E-state index in [1.54, 1.807) is 6.20 Å². The van der Waals surface area contributed by atoms with Gasteiger partial charge in [-0.05, 0) is 18.6 Å². The third-order valence-corrected chi connectivity index (χ3v) is 3.18. The summed E-state index contributed by atoms with van der Waals surface area (Å²) in [5.41, 5.74) is 5.36. The number of thioether (sulfide) groups is 1. The van der Waals surface area contributed by atoms with E-state index in [-0.39, 0.29) is 6.01 Å². The van der Waals surface area contributed by atoms with Crippen molar-refractivity contribution in [1.29, 1.82) is 0 Å². The van der Waals surface area contributed by atoms with Gasteiger partial charge >= 0.3 is 0 Å². The van der Waals surface area contributed by atoms with Crippen LogP contribution in [0.5, 0.6) is 0 Å². The standard InChI is InChI=1S/C7H10N2OS/c8-7-9-4-5(10-7)6-2-1-3-11-6/h4,6H,1-3H2,(H2,8,9). The number of hydrogen-bond donors (Lipinski definition) is 1. The first-order valence-corrected chi connectivity index (χ1v) is 4.74. The fraction of sp³-hybridized carbons (Fsp3) is 0.571. The summed E-state index contributed by atoms with van der Waals surface area (Å²) in [7, 11) is 0. The number of oxazole rings is 1. The van der Waals surface area contributed by atoms with Crippen LogP contribution in [0.1, 0.15) is 23.9 Å². The molecular formula is C7H10N2OS. The summed E-state index contributed by atoms with van der Waals surface area (Å²) >= 11 is 1.92. The molecule has 0 amide bonds. The van der Waals surface area contributed by atoms with Crippen LogP contribution in [0.25, 0.3) is 0 Å². The number of rotatable bonds is 1. The van der Waals surface area contributed by atoms with Crippen LogP contribution in [-0.2, 0) is 0 Å². The van der Waals surface area contributed by atoms with E-state index in [2.05, 4.69) is 4.98 Å². The Balaban J connectivity index is 2.15. The number of nitrogen functional groups attached to an aromatic ring is 1. The molecule has 0 aliphatic carbocycles. The van der Waals surface area contributed by atoms with Crippen molar-refractivity contribution in [3.05, 3.63) is 12.0 Å². The van der Waals surface area contributed by atoms with Crippen molar-refractivity contribution >= 4 is 17.8 Å². The van der Waals surface area contributed by atoms with Crippen molar-refractivity contribution in [1.82, 2.24) is 4.98 Å². The molecule has 0 aromatic carbocycles. The number of aromatic nitrogens is 1. The second-order valence-electron chi connectivity index (χ2n) is 2.60. The lowest BCUT2D eigenvalue weighted by atomic mass is 10.2. The van der Waals surface area contributed by atoms with Gasteiger partial charge in [0.1, 0.15) is 5.76 Å². The fourth-order valence-corrected chi connectivity index (χ4v) is 2.48. The predicted octanol–water partition coefficient (Wildman–Crippen LogP) is 1.82. The van der Waals surface area contributed by atoms with Gasteiger partial charge in [-0.2, -0.15) is 11.8 Å². The average molecular weight is 170 g/mol. The minimum Gasteiger partial charge on any atom is -0.428 e. The molecular weight excluding hydrogens is 160 g/mol. The zero-order valence-electron chi connectivity index (χ0n) is 6.12. The summed E-state index contributed by atoms with van der Waals surface area (Å²) in [6, 6.07) is 0.285. The van der Waals surface area contributed by atoms with Crippen LogP contribution in [0, 0.1) is 0 Å². The second-order valence-corrected chi connectivity index (χ2v) is 3.91. The molecule has 2 N–H and O–H groups in total. The van der Waals surface area contributed by atoms with Gasteiger partial charge < -0.3 is 10.2 Å². The summed E-state index contributed by atoms with van der Waals surface area (Å²) in [5.74, 6) is 2.16. The topological polar surface area (TPSA) is 52.0 Å². The van der Waals surface area contributed by atoms with E-state index in [9.17, 15) is 0 Å². The third kappa shape index (κ3) is 1.35. The van der Waals surface area contributed by atoms with Gasteiger partial charge in [0.15, 0.2) is 0 Å². The summed E-state index contributed by atoms with van der Waals surface area (Å²) in [6.45, 7) is 0. The van der Waals surface area contributed by atoms with Gasteiger partial charge in [0, 0.05) is 0 Å². The van der Waals surface area contributed by atoms with Crippen LogP contribution >= 0.6 is 11.8 Å². The number of nitrogens with two attached hydrogens (primary N) is 1. The zero-order valence-corrected chi connectivity index (χ0v) is 6.93. The Labute approximate surface area is 69.4 Å². The van der Waals surface area contributed by atoms with E-state index in [0.717, 1.165) is 5.76 Å². The monoisotopic (exact) mass is 170 g/mol. The minimum atomic E-state index is 0.285. The molecule has 1 aliphatic heterocycles. The lowest BCUT2D eigenvalue weighted by Gasteiger charge is -2.00. The normalized spacial score (nSPS) is 24.2. The van der Waals surface area contributed by atoms with Crippen LogP contribution in [0.15, 0.2) is 10.6 Å². The Kier molecular flexibility index (Phi) is 1.77. The summed E-state index contributed by atoms with van der Waals surface area (Å²) < 4.78 is 5.21. The SMILES string of the molecule is Nc1ncc(C2CCCS2)o1. The Morgan fingerprint density at radius 2 is 2.64 bits per heavy atom. The summed E-state index contributed by atoms with van der Waals surface area (Å²) in [4.78, 5) is 3.86. The number of anilines is 1. The lowest BCUT2D eigenvalue weighted by molar-refractivity contribution is 0.514. The summed E-state index contributed by atoms with van der Waals surface area (Å²) in [6.07, 6.45) is 4.20. The molecule has 2 heterocycles. The van der Waals surface area contributed by atoms with Gasteiger partial charge in [-0.25, -0.2) is 4.98 Å². The summed E-state index contributed by atoms with van der Waals surface area (Å²) in [5, 5.41) is 0.500. The molecule has 0 spiro atoms. The van der Waals surface area contributed by atoms with Gasteiger partial charge in [0.2, 0.25) is 0 Å². The number of hydrogen-bond acceptors (Lipinski definition) is 4. The molecule has 0 radical (unpaired) electrons. The van der Waals surface area contributed by atoms with E-state index < -0.39 is 0 Å². The highest BCUT2D eigenvalue weighted by Crippen LogP contribution is 2.40. The molecule has 1 unspecified atom stereocenters. The van der Waals surface area contributed by atoms with Crippen LogP contribution in [-0.4, -0.2) is 10.7 Å². The van der Waals surface area contributed by atoms with Crippen molar-refractivity contribution in [3.8, 4) is 0 Å². The maximum atomic E-state index is 5.36. The van der Waals surface area contributed by atoms with Crippen LogP contribution in [0.4, 0.5) is 6.01 Å². The van der Waals surface area contributed by atoms with Crippen molar-refractivity contribution in [2.75, 3.05) is 11.5 Å². The fourth-order valence-electron chi connectivity index (χ4n) is 1.25. The molecule has 4 heteroatoms. The van der Waals surface area contributed by atoms with E-state index >= 15 is 0 Å². The lowest BCUT2D eigenvalue weighted by Crippen LogP contribution is -1.84. The molecule has 0 bridgehead atoms. The van der Waals surface area contributed by atoms with Crippen molar-refractivity contribution in [3.63, 3.8) is 0 Å². The molecule has 1 aliphatic rings. The Morgan fingerprint density at radius 1 is 1.73 bits per heavy atom. The van der Waals surface area contributed by atoms with E-state index in [0.29, 0.717) is 5.25 Å². The van der Waals surface area contributed by atoms with Crippen molar-refractivity contribution in [2.45, 2.75) is 18.1 Å². The molecule has 1 saturated heterocycles. The first kappa shape index (κ1) is 7.03. The maximum absolute atomic E-state index is 5.36. The Bertz CT molecular complexity index is 242. The van der Waals surface area contributed by atoms with Gasteiger partial charge in [-0.1, -0.05) is 0 Å². The van der Waals surface area contributed by atoms with E-state index in [1.165, 1.54) is 18.6 Å². The van der Waals surface area contributed by atoms with Gasteiger partial charge in [-0.15, -0.1) is 0 Å². The highest BCUT2D eigenvalue weighted by molar-refractivity contribution is 7.99. The van der Waals surface area contributed by atoms with Gasteiger partial charge in [-0.3, -0.25) is 0 Å². The molecule has 1 aromatic rings. The van der Waals surface area contributed by atoms with E-state index in [4.69, 9.17) is 10.2 Å². The molecule has 60 valence electrons. The molecule has 1 atom stereocenters. The Hall–Kier alpha value is -0.640. The highest BCUT2D eigenvalue weighted by Gasteiger charge is 2.20.